The lowest BCUT2D eigenvalue weighted by molar-refractivity contribution is -0.156. The highest BCUT2D eigenvalue weighted by atomic mass is 35.5. The van der Waals surface area contributed by atoms with Crippen LogP contribution in [0.1, 0.15) is 32.1 Å². The molecule has 3 N–H and O–H groups in total. The summed E-state index contributed by atoms with van der Waals surface area (Å²) < 4.78 is 44.1. The Morgan fingerprint density at radius 1 is 1.25 bits per heavy atom. The van der Waals surface area contributed by atoms with Gasteiger partial charge in [-0.2, -0.15) is 13.2 Å². The van der Waals surface area contributed by atoms with Crippen molar-refractivity contribution >= 4 is 23.4 Å². The normalized spacial score (nSPS) is 31.4. The lowest BCUT2D eigenvalue weighted by atomic mass is 9.89. The van der Waals surface area contributed by atoms with Crippen molar-refractivity contribution in [1.29, 1.82) is 0 Å². The van der Waals surface area contributed by atoms with Crippen LogP contribution in [0.25, 0.3) is 0 Å². The zero-order chi connectivity index (χ0) is 20.3. The van der Waals surface area contributed by atoms with Crippen molar-refractivity contribution in [3.63, 3.8) is 0 Å². The van der Waals surface area contributed by atoms with Crippen LogP contribution in [-0.2, 0) is 14.3 Å². The van der Waals surface area contributed by atoms with Gasteiger partial charge in [-0.15, -0.1) is 0 Å². The van der Waals surface area contributed by atoms with Gasteiger partial charge in [0, 0.05) is 30.5 Å². The molecule has 0 aromatic heterocycles. The molecule has 6 nitrogen and oxygen atoms in total. The number of rotatable bonds is 4. The summed E-state index contributed by atoms with van der Waals surface area (Å²) in [5.74, 6) is -0.475. The van der Waals surface area contributed by atoms with Gasteiger partial charge < -0.3 is 15.4 Å². The van der Waals surface area contributed by atoms with Crippen molar-refractivity contribution in [2.24, 2.45) is 5.92 Å². The highest BCUT2D eigenvalue weighted by Crippen LogP contribution is 2.32. The Morgan fingerprint density at radius 3 is 2.68 bits per heavy atom. The number of carbonyl (C=O) groups is 2. The molecule has 1 fully saturated rings. The molecule has 1 saturated heterocycles. The Hall–Kier alpha value is -1.74. The predicted molar refractivity (Wildman–Crippen MR) is 96.3 cm³/mol. The number of allylic oxidation sites excluding steroid dienone is 1. The maximum absolute atomic E-state index is 12.8. The van der Waals surface area contributed by atoms with E-state index in [4.69, 9.17) is 16.3 Å². The summed E-state index contributed by atoms with van der Waals surface area (Å²) in [7, 11) is 0. The van der Waals surface area contributed by atoms with Gasteiger partial charge in [0.15, 0.2) is 0 Å². The minimum atomic E-state index is -4.31. The first-order valence-corrected chi connectivity index (χ1v) is 9.67. The Balaban J connectivity index is 1.61. The Kier molecular flexibility index (Phi) is 6.54. The summed E-state index contributed by atoms with van der Waals surface area (Å²) >= 11 is 6.11. The third-order valence-electron chi connectivity index (χ3n) is 5.17. The number of alkyl halides is 3. The van der Waals surface area contributed by atoms with E-state index in [0.29, 0.717) is 36.6 Å². The molecule has 0 bridgehead atoms. The minimum absolute atomic E-state index is 0.0564. The van der Waals surface area contributed by atoms with E-state index in [1.807, 2.05) is 0 Å². The van der Waals surface area contributed by atoms with Gasteiger partial charge in [-0.05, 0) is 25.3 Å². The van der Waals surface area contributed by atoms with Gasteiger partial charge in [-0.25, -0.2) is 0 Å². The number of nitrogens with one attached hydrogen (secondary N) is 3. The van der Waals surface area contributed by atoms with E-state index in [1.165, 1.54) is 6.08 Å². The molecule has 4 unspecified atom stereocenters. The SMILES string of the molecule is O=C1CC(NC(=O)C2CC=C(Cl)CC2OC2=CCC(C(F)(F)F)NC2)CCN1. The van der Waals surface area contributed by atoms with Crippen LogP contribution in [-0.4, -0.2) is 49.3 Å². The van der Waals surface area contributed by atoms with Crippen LogP contribution in [0, 0.1) is 5.92 Å². The average molecular weight is 422 g/mol. The number of hydrogen-bond acceptors (Lipinski definition) is 4. The van der Waals surface area contributed by atoms with Crippen LogP contribution >= 0.6 is 11.6 Å². The maximum Gasteiger partial charge on any atom is 0.404 e. The smallest absolute Gasteiger partial charge is 0.404 e. The molecule has 3 rings (SSSR count). The fourth-order valence-electron chi connectivity index (χ4n) is 3.60. The molecule has 0 spiro atoms. The van der Waals surface area contributed by atoms with E-state index in [1.54, 1.807) is 6.08 Å². The van der Waals surface area contributed by atoms with Crippen LogP contribution < -0.4 is 16.0 Å². The number of amides is 2. The second-order valence-corrected chi connectivity index (χ2v) is 7.77. The zero-order valence-electron chi connectivity index (χ0n) is 15.2. The molecule has 0 saturated carbocycles. The highest BCUT2D eigenvalue weighted by Gasteiger charge is 2.41. The molecule has 0 aromatic rings. The van der Waals surface area contributed by atoms with Crippen molar-refractivity contribution in [1.82, 2.24) is 16.0 Å². The fourth-order valence-corrected chi connectivity index (χ4v) is 3.84. The molecule has 0 radical (unpaired) electrons. The second-order valence-electron chi connectivity index (χ2n) is 7.28. The molecule has 2 heterocycles. The van der Waals surface area contributed by atoms with Crippen LogP contribution in [0.2, 0.25) is 0 Å². The van der Waals surface area contributed by atoms with E-state index < -0.39 is 24.2 Å². The van der Waals surface area contributed by atoms with Crippen molar-refractivity contribution < 1.29 is 27.5 Å². The quantitative estimate of drug-likeness (QED) is 0.649. The van der Waals surface area contributed by atoms with Crippen molar-refractivity contribution in [3.05, 3.63) is 22.9 Å². The van der Waals surface area contributed by atoms with Crippen molar-refractivity contribution in [3.8, 4) is 0 Å². The first-order chi connectivity index (χ1) is 13.2. The highest BCUT2D eigenvalue weighted by molar-refractivity contribution is 6.29. The van der Waals surface area contributed by atoms with Crippen molar-refractivity contribution in [2.75, 3.05) is 13.1 Å². The summed E-state index contributed by atoms with van der Waals surface area (Å²) in [5, 5.41) is 8.58. The van der Waals surface area contributed by atoms with E-state index in [0.717, 1.165) is 0 Å². The topological polar surface area (TPSA) is 79.5 Å². The number of hydrogen-bond donors (Lipinski definition) is 3. The third-order valence-corrected chi connectivity index (χ3v) is 5.48. The number of carbonyl (C=O) groups excluding carboxylic acids is 2. The van der Waals surface area contributed by atoms with Gasteiger partial charge >= 0.3 is 6.18 Å². The van der Waals surface area contributed by atoms with Gasteiger partial charge in [0.25, 0.3) is 0 Å². The summed E-state index contributed by atoms with van der Waals surface area (Å²) in [6.07, 6.45) is -0.352. The Labute approximate surface area is 165 Å². The van der Waals surface area contributed by atoms with E-state index in [-0.39, 0.29) is 37.2 Å². The van der Waals surface area contributed by atoms with Crippen LogP contribution in [0.5, 0.6) is 0 Å². The molecule has 10 heteroatoms. The molecule has 1 aliphatic carbocycles. The molecule has 4 atom stereocenters. The van der Waals surface area contributed by atoms with Gasteiger partial charge in [0.1, 0.15) is 17.9 Å². The first kappa shape index (κ1) is 21.0. The van der Waals surface area contributed by atoms with Gasteiger partial charge in [0.05, 0.1) is 12.5 Å². The molecule has 2 aliphatic heterocycles. The largest absolute Gasteiger partial charge is 0.493 e. The second kappa shape index (κ2) is 8.73. The lowest BCUT2D eigenvalue weighted by Crippen LogP contribution is -2.49. The maximum atomic E-state index is 12.8. The summed E-state index contributed by atoms with van der Waals surface area (Å²) in [4.78, 5) is 24.2. The molecule has 0 aromatic carbocycles. The van der Waals surface area contributed by atoms with Crippen LogP contribution in [0.4, 0.5) is 13.2 Å². The van der Waals surface area contributed by atoms with E-state index >= 15 is 0 Å². The van der Waals surface area contributed by atoms with Crippen LogP contribution in [0.15, 0.2) is 22.9 Å². The zero-order valence-corrected chi connectivity index (χ0v) is 15.9. The van der Waals surface area contributed by atoms with Gasteiger partial charge in [-0.3, -0.25) is 14.9 Å². The van der Waals surface area contributed by atoms with E-state index in [9.17, 15) is 22.8 Å². The summed E-state index contributed by atoms with van der Waals surface area (Å²) in [6.45, 7) is 0.457. The number of ether oxygens (including phenoxy) is 1. The number of piperidine rings is 1. The Bertz CT molecular complexity index is 681. The summed E-state index contributed by atoms with van der Waals surface area (Å²) in [5.41, 5.74) is 0. The number of halogens is 4. The molecular weight excluding hydrogens is 399 g/mol. The average Bonchev–Trinajstić information content (AvgIpc) is 2.61. The minimum Gasteiger partial charge on any atom is -0.493 e. The Morgan fingerprint density at radius 2 is 2.04 bits per heavy atom. The molecule has 156 valence electrons. The van der Waals surface area contributed by atoms with Crippen LogP contribution in [0.3, 0.4) is 0 Å². The van der Waals surface area contributed by atoms with Crippen molar-refractivity contribution in [2.45, 2.75) is 56.5 Å². The summed E-state index contributed by atoms with van der Waals surface area (Å²) in [6, 6.07) is -1.82. The van der Waals surface area contributed by atoms with Gasteiger partial charge in [-0.1, -0.05) is 17.7 Å². The first-order valence-electron chi connectivity index (χ1n) is 9.29. The standard InChI is InChI=1S/C18H23ClF3N3O3/c19-10-1-3-13(17(27)25-11-5-6-23-16(26)8-11)14(7-10)28-12-2-4-15(24-9-12)18(20,21)22/h1-2,11,13-15,24H,3-9H2,(H,23,26)(H,25,27). The molecule has 28 heavy (non-hydrogen) atoms. The predicted octanol–water partition coefficient (Wildman–Crippen LogP) is 2.11. The van der Waals surface area contributed by atoms with E-state index in [2.05, 4.69) is 16.0 Å². The molecule has 3 aliphatic rings. The monoisotopic (exact) mass is 421 g/mol. The lowest BCUT2D eigenvalue weighted by Gasteiger charge is -2.34. The molecule has 2 amide bonds. The third kappa shape index (κ3) is 5.41. The van der Waals surface area contributed by atoms with Gasteiger partial charge in [0.2, 0.25) is 11.8 Å². The molecular formula is C18H23ClF3N3O3. The fraction of sp³-hybridized carbons (Fsp3) is 0.667.